The standard InChI is InChI=1S/C23H27ClN4O4S/c1-14(2)12-32-16-8-6-15(7-9-16)22-26-27-23(28(22)3)33-13-21(29)25-18-11-19(30-4)17(24)10-20(18)31-5/h6-11,14H,12-13H2,1-5H3,(H,25,29). The van der Waals surface area contributed by atoms with Crippen LogP contribution in [0.2, 0.25) is 5.02 Å². The van der Waals surface area contributed by atoms with Gasteiger partial charge in [0.1, 0.15) is 17.2 Å². The van der Waals surface area contributed by atoms with Gasteiger partial charge < -0.3 is 24.1 Å². The lowest BCUT2D eigenvalue weighted by Gasteiger charge is -2.13. The third-order valence-corrected chi connectivity index (χ3v) is 5.93. The molecule has 1 N–H and O–H groups in total. The van der Waals surface area contributed by atoms with Crippen LogP contribution in [-0.4, -0.2) is 47.3 Å². The number of nitrogens with one attached hydrogen (secondary N) is 1. The summed E-state index contributed by atoms with van der Waals surface area (Å²) in [6.07, 6.45) is 0. The third-order valence-electron chi connectivity index (χ3n) is 4.61. The zero-order chi connectivity index (χ0) is 24.0. The molecule has 0 aliphatic rings. The number of nitrogens with zero attached hydrogens (tertiary/aromatic N) is 3. The highest BCUT2D eigenvalue weighted by Crippen LogP contribution is 2.36. The number of anilines is 1. The zero-order valence-electron chi connectivity index (χ0n) is 19.2. The number of rotatable bonds is 10. The predicted octanol–water partition coefficient (Wildman–Crippen LogP) is 4.92. The van der Waals surface area contributed by atoms with E-state index < -0.39 is 0 Å². The molecule has 1 heterocycles. The van der Waals surface area contributed by atoms with Crippen LogP contribution in [0.4, 0.5) is 5.69 Å². The molecule has 33 heavy (non-hydrogen) atoms. The number of carbonyl (C=O) groups is 1. The summed E-state index contributed by atoms with van der Waals surface area (Å²) in [6.45, 7) is 4.88. The molecule has 0 aliphatic carbocycles. The first-order valence-electron chi connectivity index (χ1n) is 10.3. The monoisotopic (exact) mass is 490 g/mol. The molecule has 176 valence electrons. The van der Waals surface area contributed by atoms with Crippen molar-refractivity contribution in [3.8, 4) is 28.6 Å². The minimum absolute atomic E-state index is 0.141. The average Bonchev–Trinajstić information content (AvgIpc) is 3.17. The van der Waals surface area contributed by atoms with Crippen LogP contribution in [0.1, 0.15) is 13.8 Å². The number of carbonyl (C=O) groups excluding carboxylic acids is 1. The lowest BCUT2D eigenvalue weighted by Crippen LogP contribution is -2.15. The van der Waals surface area contributed by atoms with Gasteiger partial charge in [0.15, 0.2) is 11.0 Å². The normalized spacial score (nSPS) is 10.9. The SMILES string of the molecule is COc1cc(NC(=O)CSc2nnc(-c3ccc(OCC(C)C)cc3)n2C)c(OC)cc1Cl. The van der Waals surface area contributed by atoms with E-state index >= 15 is 0 Å². The maximum atomic E-state index is 12.5. The molecule has 2 aromatic carbocycles. The van der Waals surface area contributed by atoms with Crippen molar-refractivity contribution in [2.75, 3.05) is 31.9 Å². The minimum atomic E-state index is -0.223. The Bertz CT molecular complexity index is 1100. The van der Waals surface area contributed by atoms with Crippen molar-refractivity contribution in [1.29, 1.82) is 0 Å². The number of hydrogen-bond donors (Lipinski definition) is 1. The van der Waals surface area contributed by atoms with Crippen molar-refractivity contribution in [3.05, 3.63) is 41.4 Å². The van der Waals surface area contributed by atoms with Crippen molar-refractivity contribution < 1.29 is 19.0 Å². The number of halogens is 1. The summed E-state index contributed by atoms with van der Waals surface area (Å²) < 4.78 is 18.1. The van der Waals surface area contributed by atoms with Crippen LogP contribution in [0.3, 0.4) is 0 Å². The molecule has 3 rings (SSSR count). The molecule has 0 spiro atoms. The molecular weight excluding hydrogens is 464 g/mol. The van der Waals surface area contributed by atoms with E-state index in [2.05, 4.69) is 29.4 Å². The Morgan fingerprint density at radius 1 is 1.12 bits per heavy atom. The Kier molecular flexibility index (Phi) is 8.46. The number of thioether (sulfide) groups is 1. The number of ether oxygens (including phenoxy) is 3. The van der Waals surface area contributed by atoms with Gasteiger partial charge >= 0.3 is 0 Å². The number of aromatic nitrogens is 3. The summed E-state index contributed by atoms with van der Waals surface area (Å²) in [5, 5.41) is 12.4. The highest BCUT2D eigenvalue weighted by molar-refractivity contribution is 7.99. The molecule has 0 saturated carbocycles. The number of benzene rings is 2. The van der Waals surface area contributed by atoms with Gasteiger partial charge in [0.25, 0.3) is 0 Å². The number of hydrogen-bond acceptors (Lipinski definition) is 7. The first-order valence-corrected chi connectivity index (χ1v) is 11.7. The van der Waals surface area contributed by atoms with Gasteiger partial charge in [-0.1, -0.05) is 37.2 Å². The van der Waals surface area contributed by atoms with Crippen LogP contribution >= 0.6 is 23.4 Å². The summed E-state index contributed by atoms with van der Waals surface area (Å²) in [5.74, 6) is 2.79. The van der Waals surface area contributed by atoms with Gasteiger partial charge in [0, 0.05) is 24.7 Å². The van der Waals surface area contributed by atoms with Crippen LogP contribution in [0, 0.1) is 5.92 Å². The third kappa shape index (κ3) is 6.33. The Labute approximate surface area is 202 Å². The van der Waals surface area contributed by atoms with E-state index in [1.54, 1.807) is 12.1 Å². The molecule has 0 radical (unpaired) electrons. The molecule has 0 atom stereocenters. The Hall–Kier alpha value is -2.91. The highest BCUT2D eigenvalue weighted by atomic mass is 35.5. The second kappa shape index (κ2) is 11.3. The molecule has 8 nitrogen and oxygen atoms in total. The van der Waals surface area contributed by atoms with Gasteiger partial charge in [0.2, 0.25) is 5.91 Å². The second-order valence-corrected chi connectivity index (χ2v) is 8.97. The quantitative estimate of drug-likeness (QED) is 0.403. The summed E-state index contributed by atoms with van der Waals surface area (Å²) in [4.78, 5) is 12.5. The maximum absolute atomic E-state index is 12.5. The topological polar surface area (TPSA) is 87.5 Å². The molecule has 10 heteroatoms. The summed E-state index contributed by atoms with van der Waals surface area (Å²) >= 11 is 7.40. The van der Waals surface area contributed by atoms with Crippen LogP contribution in [0.15, 0.2) is 41.6 Å². The van der Waals surface area contributed by atoms with E-state index in [9.17, 15) is 4.79 Å². The Morgan fingerprint density at radius 3 is 2.45 bits per heavy atom. The summed E-state index contributed by atoms with van der Waals surface area (Å²) in [6, 6.07) is 10.9. The van der Waals surface area contributed by atoms with Crippen molar-refractivity contribution in [3.63, 3.8) is 0 Å². The van der Waals surface area contributed by atoms with Gasteiger partial charge in [-0.3, -0.25) is 4.79 Å². The van der Waals surface area contributed by atoms with Crippen molar-refractivity contribution >= 4 is 35.0 Å². The molecule has 3 aromatic rings. The fraction of sp³-hybridized carbons (Fsp3) is 0.348. The molecule has 0 bridgehead atoms. The summed E-state index contributed by atoms with van der Waals surface area (Å²) in [7, 11) is 4.88. The first kappa shape index (κ1) is 24.7. The molecule has 0 aliphatic heterocycles. The minimum Gasteiger partial charge on any atom is -0.495 e. The fourth-order valence-electron chi connectivity index (χ4n) is 2.93. The molecule has 1 aromatic heterocycles. The van der Waals surface area contributed by atoms with E-state index in [-0.39, 0.29) is 11.7 Å². The van der Waals surface area contributed by atoms with Crippen LogP contribution in [0.25, 0.3) is 11.4 Å². The molecule has 0 unspecified atom stereocenters. The zero-order valence-corrected chi connectivity index (χ0v) is 20.8. The lowest BCUT2D eigenvalue weighted by atomic mass is 10.2. The van der Waals surface area contributed by atoms with E-state index in [1.807, 2.05) is 35.9 Å². The van der Waals surface area contributed by atoms with Crippen LogP contribution in [-0.2, 0) is 11.8 Å². The number of methoxy groups -OCH3 is 2. The van der Waals surface area contributed by atoms with Gasteiger partial charge in [0.05, 0.1) is 37.3 Å². The highest BCUT2D eigenvalue weighted by Gasteiger charge is 2.16. The van der Waals surface area contributed by atoms with Crippen molar-refractivity contribution in [2.45, 2.75) is 19.0 Å². The maximum Gasteiger partial charge on any atom is 0.234 e. The fourth-order valence-corrected chi connectivity index (χ4v) is 3.87. The molecule has 1 amide bonds. The average molecular weight is 491 g/mol. The van der Waals surface area contributed by atoms with E-state index in [1.165, 1.54) is 26.0 Å². The first-order chi connectivity index (χ1) is 15.8. The Morgan fingerprint density at radius 2 is 1.82 bits per heavy atom. The van der Waals surface area contributed by atoms with Gasteiger partial charge in [-0.05, 0) is 30.2 Å². The van der Waals surface area contributed by atoms with Crippen LogP contribution < -0.4 is 19.5 Å². The van der Waals surface area contributed by atoms with Crippen molar-refractivity contribution in [1.82, 2.24) is 14.8 Å². The van der Waals surface area contributed by atoms with Crippen molar-refractivity contribution in [2.24, 2.45) is 13.0 Å². The van der Waals surface area contributed by atoms with Crippen LogP contribution in [0.5, 0.6) is 17.2 Å². The summed E-state index contributed by atoms with van der Waals surface area (Å²) in [5.41, 5.74) is 1.39. The second-order valence-electron chi connectivity index (χ2n) is 7.62. The molecular formula is C23H27ClN4O4S. The predicted molar refractivity (Wildman–Crippen MR) is 131 cm³/mol. The molecule has 0 saturated heterocycles. The smallest absolute Gasteiger partial charge is 0.234 e. The van der Waals surface area contributed by atoms with Gasteiger partial charge in [-0.25, -0.2) is 0 Å². The largest absolute Gasteiger partial charge is 0.495 e. The van der Waals surface area contributed by atoms with Gasteiger partial charge in [-0.15, -0.1) is 10.2 Å². The lowest BCUT2D eigenvalue weighted by molar-refractivity contribution is -0.113. The Balaban J connectivity index is 1.63. The van der Waals surface area contributed by atoms with E-state index in [0.717, 1.165) is 11.3 Å². The molecule has 0 fully saturated rings. The van der Waals surface area contributed by atoms with Gasteiger partial charge in [-0.2, -0.15) is 0 Å². The van der Waals surface area contributed by atoms with E-state index in [4.69, 9.17) is 25.8 Å². The van der Waals surface area contributed by atoms with E-state index in [0.29, 0.717) is 45.7 Å². The number of amides is 1.